The third kappa shape index (κ3) is 1.56. The van der Waals surface area contributed by atoms with Crippen LogP contribution in [0.15, 0.2) is 29.2 Å². The summed E-state index contributed by atoms with van der Waals surface area (Å²) in [5.74, 6) is -1.37. The molecule has 0 saturated carbocycles. The molecule has 6 heteroatoms. The molecular formula is C12H13NO4S. The molecule has 0 N–H and O–H groups in total. The summed E-state index contributed by atoms with van der Waals surface area (Å²) in [6, 6.07) is 6.01. The predicted molar refractivity (Wildman–Crippen MR) is 64.0 cm³/mol. The van der Waals surface area contributed by atoms with Gasteiger partial charge in [-0.05, 0) is 32.9 Å². The highest BCUT2D eigenvalue weighted by Gasteiger charge is 2.59. The van der Waals surface area contributed by atoms with Gasteiger partial charge in [0.15, 0.2) is 0 Å². The van der Waals surface area contributed by atoms with Crippen LogP contribution in [0.4, 0.5) is 0 Å². The molecule has 1 fully saturated rings. The van der Waals surface area contributed by atoms with Crippen LogP contribution in [0.25, 0.3) is 0 Å². The summed E-state index contributed by atoms with van der Waals surface area (Å²) in [6.45, 7) is 4.65. The van der Waals surface area contributed by atoms with Crippen molar-refractivity contribution < 1.29 is 18.0 Å². The Balaban J connectivity index is 2.43. The van der Waals surface area contributed by atoms with Crippen molar-refractivity contribution in [3.05, 3.63) is 29.8 Å². The van der Waals surface area contributed by atoms with E-state index in [-0.39, 0.29) is 4.90 Å². The van der Waals surface area contributed by atoms with Crippen LogP contribution in [0.1, 0.15) is 19.4 Å². The van der Waals surface area contributed by atoms with Crippen LogP contribution in [0.5, 0.6) is 0 Å². The average molecular weight is 267 g/mol. The van der Waals surface area contributed by atoms with E-state index in [1.807, 2.05) is 6.92 Å². The van der Waals surface area contributed by atoms with E-state index >= 15 is 0 Å². The zero-order valence-electron chi connectivity index (χ0n) is 10.3. The number of sulfonamides is 1. The van der Waals surface area contributed by atoms with Gasteiger partial charge in [-0.25, -0.2) is 8.42 Å². The number of carbonyl (C=O) groups is 2. The smallest absolute Gasteiger partial charge is 0.272 e. The number of benzene rings is 1. The summed E-state index contributed by atoms with van der Waals surface area (Å²) in [5, 5.41) is 0. The van der Waals surface area contributed by atoms with Gasteiger partial charge in [0.2, 0.25) is 0 Å². The lowest BCUT2D eigenvalue weighted by Gasteiger charge is -2.40. The molecule has 2 rings (SSSR count). The molecule has 0 atom stereocenters. The van der Waals surface area contributed by atoms with Gasteiger partial charge in [-0.15, -0.1) is 0 Å². The zero-order chi connectivity index (χ0) is 13.7. The lowest BCUT2D eigenvalue weighted by Crippen LogP contribution is -2.65. The number of imide groups is 1. The minimum atomic E-state index is -4.05. The molecule has 0 aliphatic carbocycles. The number of nitrogens with zero attached hydrogens (tertiary/aromatic N) is 1. The Bertz CT molecular complexity index is 611. The maximum absolute atomic E-state index is 12.1. The Morgan fingerprint density at radius 1 is 1.00 bits per heavy atom. The first-order valence-corrected chi connectivity index (χ1v) is 6.84. The van der Waals surface area contributed by atoms with Crippen molar-refractivity contribution in [2.45, 2.75) is 25.7 Å². The Hall–Kier alpha value is -1.69. The second-order valence-electron chi connectivity index (χ2n) is 4.82. The molecule has 1 aromatic rings. The first kappa shape index (κ1) is 12.8. The van der Waals surface area contributed by atoms with Crippen LogP contribution in [0.2, 0.25) is 0 Å². The van der Waals surface area contributed by atoms with Gasteiger partial charge in [-0.3, -0.25) is 9.59 Å². The SMILES string of the molecule is Cc1ccc(S(=O)(=O)N2C(=O)C(C)(C)C2=O)cc1. The standard InChI is InChI=1S/C12H13NO4S/c1-8-4-6-9(7-5-8)18(16,17)13-10(14)12(2,3)11(13)15/h4-7H,1-3H3. The third-order valence-electron chi connectivity index (χ3n) is 3.00. The van der Waals surface area contributed by atoms with E-state index in [2.05, 4.69) is 0 Å². The van der Waals surface area contributed by atoms with Gasteiger partial charge in [0.1, 0.15) is 5.41 Å². The van der Waals surface area contributed by atoms with Gasteiger partial charge < -0.3 is 0 Å². The number of hydrogen-bond donors (Lipinski definition) is 0. The fourth-order valence-electron chi connectivity index (χ4n) is 1.67. The van der Waals surface area contributed by atoms with Crippen LogP contribution in [-0.4, -0.2) is 24.5 Å². The maximum atomic E-state index is 12.1. The summed E-state index contributed by atoms with van der Waals surface area (Å²) in [5.41, 5.74) is -0.340. The monoisotopic (exact) mass is 267 g/mol. The molecule has 18 heavy (non-hydrogen) atoms. The molecule has 0 unspecified atom stereocenters. The molecule has 5 nitrogen and oxygen atoms in total. The van der Waals surface area contributed by atoms with Gasteiger partial charge in [0.05, 0.1) is 4.90 Å². The largest absolute Gasteiger partial charge is 0.273 e. The fraction of sp³-hybridized carbons (Fsp3) is 0.333. The first-order valence-electron chi connectivity index (χ1n) is 5.40. The van der Waals surface area contributed by atoms with Gasteiger partial charge in [0, 0.05) is 0 Å². The molecule has 1 aliphatic rings. The predicted octanol–water partition coefficient (Wildman–Crippen LogP) is 1.08. The molecule has 1 aromatic carbocycles. The molecule has 0 radical (unpaired) electrons. The van der Waals surface area contributed by atoms with Crippen LogP contribution < -0.4 is 0 Å². The van der Waals surface area contributed by atoms with Crippen molar-refractivity contribution in [3.8, 4) is 0 Å². The van der Waals surface area contributed by atoms with Crippen LogP contribution in [0, 0.1) is 12.3 Å². The Labute approximate surface area is 105 Å². The first-order chi connectivity index (χ1) is 8.19. The number of carbonyl (C=O) groups excluding carboxylic acids is 2. The van der Waals surface area contributed by atoms with Crippen LogP contribution >= 0.6 is 0 Å². The van der Waals surface area contributed by atoms with Crippen molar-refractivity contribution in [1.29, 1.82) is 0 Å². The molecule has 1 aliphatic heterocycles. The zero-order valence-corrected chi connectivity index (χ0v) is 11.1. The molecule has 1 heterocycles. The Morgan fingerprint density at radius 2 is 1.44 bits per heavy atom. The Morgan fingerprint density at radius 3 is 1.89 bits per heavy atom. The number of β-lactam (4-membered cyclic amide) rings is 2. The van der Waals surface area contributed by atoms with E-state index in [4.69, 9.17) is 0 Å². The number of hydrogen-bond acceptors (Lipinski definition) is 4. The normalized spacial score (nSPS) is 18.7. The molecule has 0 spiro atoms. The number of amides is 2. The highest BCUT2D eigenvalue weighted by Crippen LogP contribution is 2.36. The topological polar surface area (TPSA) is 71.5 Å². The van der Waals surface area contributed by atoms with Crippen molar-refractivity contribution in [1.82, 2.24) is 4.31 Å². The summed E-state index contributed by atoms with van der Waals surface area (Å²) < 4.78 is 24.6. The summed E-state index contributed by atoms with van der Waals surface area (Å²) in [6.07, 6.45) is 0. The minimum Gasteiger partial charge on any atom is -0.272 e. The second kappa shape index (κ2) is 3.65. The summed E-state index contributed by atoms with van der Waals surface area (Å²) >= 11 is 0. The van der Waals surface area contributed by atoms with Crippen molar-refractivity contribution in [2.75, 3.05) is 0 Å². The maximum Gasteiger partial charge on any atom is 0.273 e. The molecule has 1 saturated heterocycles. The fourth-order valence-corrected chi connectivity index (χ4v) is 3.26. The third-order valence-corrected chi connectivity index (χ3v) is 4.68. The lowest BCUT2D eigenvalue weighted by molar-refractivity contribution is -0.165. The Kier molecular flexibility index (Phi) is 2.59. The molecule has 2 amide bonds. The summed E-state index contributed by atoms with van der Waals surface area (Å²) in [4.78, 5) is 23.4. The summed E-state index contributed by atoms with van der Waals surface area (Å²) in [7, 11) is -4.05. The molecular weight excluding hydrogens is 254 g/mol. The van der Waals surface area contributed by atoms with Crippen molar-refractivity contribution in [2.24, 2.45) is 5.41 Å². The van der Waals surface area contributed by atoms with E-state index in [1.165, 1.54) is 26.0 Å². The van der Waals surface area contributed by atoms with E-state index in [9.17, 15) is 18.0 Å². The molecule has 0 bridgehead atoms. The minimum absolute atomic E-state index is 0.0506. The molecule has 0 aromatic heterocycles. The lowest BCUT2D eigenvalue weighted by atomic mass is 9.84. The average Bonchev–Trinajstić information content (AvgIpc) is 2.29. The second-order valence-corrected chi connectivity index (χ2v) is 6.60. The number of rotatable bonds is 2. The van der Waals surface area contributed by atoms with Gasteiger partial charge in [-0.2, -0.15) is 4.31 Å². The van der Waals surface area contributed by atoms with Gasteiger partial charge in [0.25, 0.3) is 21.8 Å². The highest BCUT2D eigenvalue weighted by atomic mass is 32.2. The van der Waals surface area contributed by atoms with E-state index in [0.29, 0.717) is 4.31 Å². The van der Waals surface area contributed by atoms with Crippen LogP contribution in [0.3, 0.4) is 0 Å². The number of aryl methyl sites for hydroxylation is 1. The van der Waals surface area contributed by atoms with Gasteiger partial charge >= 0.3 is 0 Å². The van der Waals surface area contributed by atoms with E-state index in [0.717, 1.165) is 5.56 Å². The van der Waals surface area contributed by atoms with Gasteiger partial charge in [-0.1, -0.05) is 17.7 Å². The van der Waals surface area contributed by atoms with E-state index in [1.54, 1.807) is 12.1 Å². The molecule has 96 valence electrons. The quantitative estimate of drug-likeness (QED) is 0.593. The van der Waals surface area contributed by atoms with Crippen molar-refractivity contribution in [3.63, 3.8) is 0 Å². The van der Waals surface area contributed by atoms with Crippen molar-refractivity contribution >= 4 is 21.8 Å². The van der Waals surface area contributed by atoms with E-state index < -0.39 is 27.3 Å². The highest BCUT2D eigenvalue weighted by molar-refractivity contribution is 7.90. The van der Waals surface area contributed by atoms with Crippen LogP contribution in [-0.2, 0) is 19.6 Å².